The molecule has 2 heterocycles. The maximum Gasteiger partial charge on any atom is 0.240 e. The molecule has 0 aromatic heterocycles. The number of carbonyl (C=O) groups is 2. The summed E-state index contributed by atoms with van der Waals surface area (Å²) in [6.45, 7) is 2.03. The lowest BCUT2D eigenvalue weighted by Gasteiger charge is -2.50. The van der Waals surface area contributed by atoms with Crippen molar-refractivity contribution in [1.82, 2.24) is 4.90 Å². The Balaban J connectivity index is 1.68. The van der Waals surface area contributed by atoms with Gasteiger partial charge in [-0.3, -0.25) is 9.59 Å². The van der Waals surface area contributed by atoms with Gasteiger partial charge in [0.25, 0.3) is 0 Å². The second-order valence-corrected chi connectivity index (χ2v) is 7.66. The van der Waals surface area contributed by atoms with E-state index in [1.807, 2.05) is 4.90 Å². The van der Waals surface area contributed by atoms with Crippen LogP contribution in [0.4, 0.5) is 0 Å². The third kappa shape index (κ3) is 3.54. The van der Waals surface area contributed by atoms with Crippen molar-refractivity contribution in [2.45, 2.75) is 70.3 Å². The Morgan fingerprint density at radius 3 is 2.43 bits per heavy atom. The number of primary amides is 1. The number of likely N-dealkylation sites (tertiary alicyclic amines) is 1. The molecule has 3 fully saturated rings. The van der Waals surface area contributed by atoms with Gasteiger partial charge in [0.15, 0.2) is 0 Å². The standard InChI is InChI=1S/C18H30N2O3/c19-17(22)16-18(9-12-23-13-10-18)8-3-11-20(16)15(21)7-6-14-4-1-2-5-14/h14,16H,1-13H2,(H2,19,22). The number of ether oxygens (including phenoxy) is 1. The molecule has 3 rings (SSSR count). The molecular weight excluding hydrogens is 292 g/mol. The van der Waals surface area contributed by atoms with Crippen molar-refractivity contribution in [2.24, 2.45) is 17.1 Å². The van der Waals surface area contributed by atoms with Crippen LogP contribution in [0.5, 0.6) is 0 Å². The number of amides is 2. The first-order valence-corrected chi connectivity index (χ1v) is 9.29. The zero-order chi connectivity index (χ0) is 16.3. The smallest absolute Gasteiger partial charge is 0.240 e. The van der Waals surface area contributed by atoms with Gasteiger partial charge in [-0.25, -0.2) is 0 Å². The molecule has 1 aliphatic carbocycles. The van der Waals surface area contributed by atoms with Crippen molar-refractivity contribution in [3.05, 3.63) is 0 Å². The average molecular weight is 322 g/mol. The second-order valence-electron chi connectivity index (χ2n) is 7.66. The first-order valence-electron chi connectivity index (χ1n) is 9.29. The van der Waals surface area contributed by atoms with Gasteiger partial charge in [-0.2, -0.15) is 0 Å². The van der Waals surface area contributed by atoms with Crippen LogP contribution >= 0.6 is 0 Å². The molecule has 2 saturated heterocycles. The highest BCUT2D eigenvalue weighted by Crippen LogP contribution is 2.44. The monoisotopic (exact) mass is 322 g/mol. The van der Waals surface area contributed by atoms with Crippen LogP contribution in [0.25, 0.3) is 0 Å². The normalized spacial score (nSPS) is 28.2. The molecule has 1 unspecified atom stereocenters. The van der Waals surface area contributed by atoms with Crippen molar-refractivity contribution >= 4 is 11.8 Å². The van der Waals surface area contributed by atoms with Crippen LogP contribution in [0, 0.1) is 11.3 Å². The lowest BCUT2D eigenvalue weighted by atomic mass is 9.67. The molecule has 0 radical (unpaired) electrons. The molecule has 1 atom stereocenters. The molecule has 5 nitrogen and oxygen atoms in total. The zero-order valence-electron chi connectivity index (χ0n) is 14.1. The molecule has 1 spiro atoms. The molecular formula is C18H30N2O3. The Bertz CT molecular complexity index is 434. The molecule has 0 aromatic rings. The summed E-state index contributed by atoms with van der Waals surface area (Å²) >= 11 is 0. The van der Waals surface area contributed by atoms with E-state index >= 15 is 0 Å². The van der Waals surface area contributed by atoms with Gasteiger partial charge < -0.3 is 15.4 Å². The van der Waals surface area contributed by atoms with Gasteiger partial charge >= 0.3 is 0 Å². The van der Waals surface area contributed by atoms with E-state index in [1.54, 1.807) is 0 Å². The Hall–Kier alpha value is -1.10. The molecule has 2 aliphatic heterocycles. The highest BCUT2D eigenvalue weighted by molar-refractivity contribution is 5.87. The lowest BCUT2D eigenvalue weighted by molar-refractivity contribution is -0.153. The second kappa shape index (κ2) is 7.20. The largest absolute Gasteiger partial charge is 0.381 e. The predicted octanol–water partition coefficient (Wildman–Crippen LogP) is 2.23. The van der Waals surface area contributed by atoms with E-state index in [1.165, 1.54) is 25.7 Å². The number of nitrogens with zero attached hydrogens (tertiary/aromatic N) is 1. The molecule has 0 bridgehead atoms. The molecule has 2 amide bonds. The van der Waals surface area contributed by atoms with Crippen LogP contribution in [-0.4, -0.2) is 42.5 Å². The number of hydrogen-bond acceptors (Lipinski definition) is 3. The summed E-state index contributed by atoms with van der Waals surface area (Å²) in [4.78, 5) is 26.8. The van der Waals surface area contributed by atoms with Gasteiger partial charge in [0.2, 0.25) is 11.8 Å². The third-order valence-electron chi connectivity index (χ3n) is 6.29. The summed E-state index contributed by atoms with van der Waals surface area (Å²) in [5, 5.41) is 0. The lowest BCUT2D eigenvalue weighted by Crippen LogP contribution is -2.61. The van der Waals surface area contributed by atoms with Crippen molar-refractivity contribution < 1.29 is 14.3 Å². The number of nitrogens with two attached hydrogens (primary N) is 1. The molecule has 2 N–H and O–H groups in total. The van der Waals surface area contributed by atoms with Crippen molar-refractivity contribution in [2.75, 3.05) is 19.8 Å². The fraction of sp³-hybridized carbons (Fsp3) is 0.889. The summed E-state index contributed by atoms with van der Waals surface area (Å²) in [5.74, 6) is 0.500. The molecule has 130 valence electrons. The van der Waals surface area contributed by atoms with E-state index in [2.05, 4.69) is 0 Å². The van der Waals surface area contributed by atoms with Crippen molar-refractivity contribution in [3.63, 3.8) is 0 Å². The molecule has 0 aromatic carbocycles. The summed E-state index contributed by atoms with van der Waals surface area (Å²) in [6.07, 6.45) is 10.3. The van der Waals surface area contributed by atoms with Crippen molar-refractivity contribution in [1.29, 1.82) is 0 Å². The predicted molar refractivity (Wildman–Crippen MR) is 87.6 cm³/mol. The fourth-order valence-electron chi connectivity index (χ4n) is 4.99. The van der Waals surface area contributed by atoms with Gasteiger partial charge in [0.05, 0.1) is 0 Å². The van der Waals surface area contributed by atoms with Crippen LogP contribution in [0.2, 0.25) is 0 Å². The quantitative estimate of drug-likeness (QED) is 0.862. The van der Waals surface area contributed by atoms with Crippen molar-refractivity contribution in [3.8, 4) is 0 Å². The van der Waals surface area contributed by atoms with Crippen LogP contribution in [0.1, 0.15) is 64.2 Å². The SMILES string of the molecule is NC(=O)C1N(C(=O)CCC2CCCC2)CCCC12CCOCC2. The maximum atomic E-state index is 12.8. The van der Waals surface area contributed by atoms with Gasteiger partial charge in [0.1, 0.15) is 6.04 Å². The minimum Gasteiger partial charge on any atom is -0.381 e. The molecule has 1 saturated carbocycles. The summed E-state index contributed by atoms with van der Waals surface area (Å²) in [6, 6.07) is -0.434. The maximum absolute atomic E-state index is 12.8. The van der Waals surface area contributed by atoms with Crippen LogP contribution in [0.15, 0.2) is 0 Å². The van der Waals surface area contributed by atoms with Gasteiger partial charge in [-0.15, -0.1) is 0 Å². The van der Waals surface area contributed by atoms with Gasteiger partial charge in [-0.05, 0) is 38.0 Å². The Morgan fingerprint density at radius 1 is 1.09 bits per heavy atom. The highest BCUT2D eigenvalue weighted by atomic mass is 16.5. The Morgan fingerprint density at radius 2 is 1.78 bits per heavy atom. The first-order chi connectivity index (χ1) is 11.1. The molecule has 3 aliphatic rings. The van der Waals surface area contributed by atoms with E-state index in [4.69, 9.17) is 10.5 Å². The van der Waals surface area contributed by atoms with E-state index in [-0.39, 0.29) is 17.2 Å². The molecule has 5 heteroatoms. The van der Waals surface area contributed by atoms with E-state index < -0.39 is 6.04 Å². The molecule has 23 heavy (non-hydrogen) atoms. The third-order valence-corrected chi connectivity index (χ3v) is 6.29. The Kier molecular flexibility index (Phi) is 5.24. The minimum atomic E-state index is -0.434. The number of carbonyl (C=O) groups excluding carboxylic acids is 2. The number of piperidine rings is 1. The summed E-state index contributed by atoms with van der Waals surface area (Å²) in [7, 11) is 0. The van der Waals surface area contributed by atoms with Crippen LogP contribution in [0.3, 0.4) is 0 Å². The Labute approximate surface area is 138 Å². The van der Waals surface area contributed by atoms with Gasteiger partial charge in [-0.1, -0.05) is 25.7 Å². The minimum absolute atomic E-state index is 0.131. The fourth-order valence-corrected chi connectivity index (χ4v) is 4.99. The van der Waals surface area contributed by atoms with E-state index in [0.717, 1.165) is 32.1 Å². The highest BCUT2D eigenvalue weighted by Gasteiger charge is 2.49. The zero-order valence-corrected chi connectivity index (χ0v) is 14.1. The topological polar surface area (TPSA) is 72.6 Å². The van der Waals surface area contributed by atoms with E-state index in [9.17, 15) is 9.59 Å². The van der Waals surface area contributed by atoms with Crippen LogP contribution < -0.4 is 5.73 Å². The summed E-state index contributed by atoms with van der Waals surface area (Å²) < 4.78 is 5.48. The average Bonchev–Trinajstić information content (AvgIpc) is 3.06. The number of hydrogen-bond donors (Lipinski definition) is 1. The number of rotatable bonds is 4. The van der Waals surface area contributed by atoms with Gasteiger partial charge in [0, 0.05) is 31.6 Å². The van der Waals surface area contributed by atoms with E-state index in [0.29, 0.717) is 32.1 Å². The first kappa shape index (κ1) is 16.7. The van der Waals surface area contributed by atoms with Crippen LogP contribution in [-0.2, 0) is 14.3 Å². The summed E-state index contributed by atoms with van der Waals surface area (Å²) in [5.41, 5.74) is 5.60.